The van der Waals surface area contributed by atoms with Gasteiger partial charge in [-0.1, -0.05) is 42.5 Å². The fourth-order valence-corrected chi connectivity index (χ4v) is 5.49. The maximum atomic E-state index is 13.9. The number of rotatable bonds is 14. The molecule has 1 fully saturated rings. The second-order valence-corrected chi connectivity index (χ2v) is 11.0. The van der Waals surface area contributed by atoms with Gasteiger partial charge < -0.3 is 29.6 Å². The van der Waals surface area contributed by atoms with Crippen LogP contribution in [0.25, 0.3) is 17.0 Å². The second-order valence-electron chi connectivity index (χ2n) is 11.0. The second kappa shape index (κ2) is 16.1. The van der Waals surface area contributed by atoms with E-state index in [-0.39, 0.29) is 0 Å². The zero-order chi connectivity index (χ0) is 33.2. The van der Waals surface area contributed by atoms with Crippen molar-refractivity contribution in [2.45, 2.75) is 64.8 Å². The van der Waals surface area contributed by atoms with Gasteiger partial charge in [-0.3, -0.25) is 19.2 Å². The number of para-hydroxylation sites is 1. The third kappa shape index (κ3) is 9.22. The van der Waals surface area contributed by atoms with Crippen LogP contribution in [0.3, 0.4) is 0 Å². The van der Waals surface area contributed by atoms with Gasteiger partial charge in [-0.05, 0) is 48.7 Å². The number of hydrogen-bond donors (Lipinski definition) is 4. The predicted molar refractivity (Wildman–Crippen MR) is 165 cm³/mol. The van der Waals surface area contributed by atoms with E-state index in [2.05, 4.69) is 34.8 Å². The number of hydroxylamine groups is 1. The number of H-pyrrole nitrogens is 1. The molecular formula is C33H38FN3O9. The van der Waals surface area contributed by atoms with E-state index < -0.39 is 67.4 Å². The van der Waals surface area contributed by atoms with Gasteiger partial charge in [0.25, 0.3) is 5.91 Å². The molecule has 0 radical (unpaired) electrons. The summed E-state index contributed by atoms with van der Waals surface area (Å²) in [7, 11) is 0. The highest BCUT2D eigenvalue weighted by molar-refractivity contribution is 5.91. The number of fused-ring (bicyclic) bond motifs is 1. The Morgan fingerprint density at radius 2 is 1.72 bits per heavy atom. The lowest BCUT2D eigenvalue weighted by Gasteiger charge is -2.43. The largest absolute Gasteiger partial charge is 0.481 e. The lowest BCUT2D eigenvalue weighted by atomic mass is 9.86. The Hall–Kier alpha value is -4.59. The van der Waals surface area contributed by atoms with Crippen LogP contribution in [0.1, 0.15) is 42.7 Å². The van der Waals surface area contributed by atoms with Crippen LogP contribution in [0.15, 0.2) is 54.6 Å². The van der Waals surface area contributed by atoms with Crippen molar-refractivity contribution in [2.24, 2.45) is 5.92 Å². The van der Waals surface area contributed by atoms with Crippen LogP contribution < -0.4 is 10.8 Å². The smallest absolute Gasteiger partial charge is 0.303 e. The molecule has 1 aliphatic heterocycles. The zero-order valence-electron chi connectivity index (χ0n) is 25.8. The number of halogens is 1. The fourth-order valence-electron chi connectivity index (χ4n) is 5.49. The summed E-state index contributed by atoms with van der Waals surface area (Å²) in [4.78, 5) is 56.2. The molecule has 1 aromatic heterocycles. The van der Waals surface area contributed by atoms with Gasteiger partial charge in [0.05, 0.1) is 12.5 Å². The number of aromatic amines is 1. The molecule has 2 heterocycles. The molecule has 1 aliphatic rings. The van der Waals surface area contributed by atoms with Crippen LogP contribution in [0.5, 0.6) is 0 Å². The van der Waals surface area contributed by atoms with Crippen molar-refractivity contribution in [1.29, 1.82) is 0 Å². The lowest BCUT2D eigenvalue weighted by Crippen LogP contribution is -2.60. The third-order valence-corrected chi connectivity index (χ3v) is 7.56. The lowest BCUT2D eigenvalue weighted by molar-refractivity contribution is -0.306. The number of aromatic nitrogens is 1. The molecule has 0 spiro atoms. The summed E-state index contributed by atoms with van der Waals surface area (Å²) in [5.41, 5.74) is 7.55. The van der Waals surface area contributed by atoms with Crippen molar-refractivity contribution in [1.82, 2.24) is 15.8 Å². The van der Waals surface area contributed by atoms with Crippen molar-refractivity contribution in [2.75, 3.05) is 13.2 Å². The van der Waals surface area contributed by atoms with Gasteiger partial charge in [-0.25, -0.2) is 14.7 Å². The summed E-state index contributed by atoms with van der Waals surface area (Å²) >= 11 is 0. The molecular weight excluding hydrogens is 601 g/mol. The molecule has 13 heteroatoms. The molecule has 46 heavy (non-hydrogen) atoms. The Kier molecular flexibility index (Phi) is 12.0. The number of alkyl halides is 1. The summed E-state index contributed by atoms with van der Waals surface area (Å²) in [5.74, 6) is -4.83. The highest BCUT2D eigenvalue weighted by Crippen LogP contribution is 2.33. The van der Waals surface area contributed by atoms with Gasteiger partial charge in [-0.2, -0.15) is 0 Å². The molecule has 0 saturated carbocycles. The minimum atomic E-state index is -1.59. The van der Waals surface area contributed by atoms with Crippen LogP contribution in [-0.2, 0) is 51.2 Å². The quantitative estimate of drug-likeness (QED) is 0.0888. The number of hydrogen-bond acceptors (Lipinski definition) is 9. The number of carbonyl (C=O) groups is 4. The molecule has 0 unspecified atom stereocenters. The van der Waals surface area contributed by atoms with Gasteiger partial charge in [0.15, 0.2) is 6.10 Å². The Morgan fingerprint density at radius 3 is 2.39 bits per heavy atom. The summed E-state index contributed by atoms with van der Waals surface area (Å²) < 4.78 is 29.8. The molecule has 246 valence electrons. The number of nitrogens with one attached hydrogen (secondary N) is 3. The highest BCUT2D eigenvalue weighted by atomic mass is 19.1. The average Bonchev–Trinajstić information content (AvgIpc) is 3.33. The van der Waals surface area contributed by atoms with Crippen molar-refractivity contribution >= 4 is 40.8 Å². The average molecular weight is 640 g/mol. The number of amides is 1. The summed E-state index contributed by atoms with van der Waals surface area (Å²) in [6.07, 6.45) is -2.85. The van der Waals surface area contributed by atoms with Crippen LogP contribution in [0.2, 0.25) is 0 Å². The van der Waals surface area contributed by atoms with E-state index in [1.54, 1.807) is 6.08 Å². The van der Waals surface area contributed by atoms with Crippen molar-refractivity contribution in [3.63, 3.8) is 0 Å². The first-order valence-corrected chi connectivity index (χ1v) is 14.8. The van der Waals surface area contributed by atoms with E-state index in [4.69, 9.17) is 19.0 Å². The monoisotopic (exact) mass is 639 g/mol. The first-order valence-electron chi connectivity index (χ1n) is 14.8. The Balaban J connectivity index is 1.30. The van der Waals surface area contributed by atoms with Crippen molar-refractivity contribution in [3.05, 3.63) is 77.0 Å². The van der Waals surface area contributed by atoms with E-state index in [0.29, 0.717) is 6.54 Å². The highest BCUT2D eigenvalue weighted by Gasteiger charge is 2.51. The molecule has 5 atom stereocenters. The Labute approximate surface area is 265 Å². The minimum Gasteiger partial charge on any atom is -0.481 e. The number of carboxylic acid groups (broad SMARTS) is 1. The summed E-state index contributed by atoms with van der Waals surface area (Å²) in [6.45, 7) is 4.56. The molecule has 0 aliphatic carbocycles. The molecule has 2 aromatic carbocycles. The van der Waals surface area contributed by atoms with E-state index >= 15 is 0 Å². The molecule has 4 rings (SSSR count). The number of carboxylic acids is 1. The number of benzene rings is 2. The topological polar surface area (TPSA) is 165 Å². The first-order chi connectivity index (χ1) is 22.0. The molecule has 12 nitrogen and oxygen atoms in total. The minimum absolute atomic E-state index is 0.633. The van der Waals surface area contributed by atoms with Crippen molar-refractivity contribution in [3.8, 4) is 0 Å². The Morgan fingerprint density at radius 1 is 1.02 bits per heavy atom. The first kappa shape index (κ1) is 34.3. The van der Waals surface area contributed by atoms with Crippen molar-refractivity contribution < 1.29 is 47.7 Å². The summed E-state index contributed by atoms with van der Waals surface area (Å²) in [5, 5.41) is 14.0. The molecule has 0 bridgehead atoms. The molecule has 4 N–H and O–H groups in total. The van der Waals surface area contributed by atoms with Crippen LogP contribution in [0.4, 0.5) is 4.39 Å². The number of carbonyl (C=O) groups excluding carboxylic acids is 3. The van der Waals surface area contributed by atoms with Gasteiger partial charge in [0.2, 0.25) is 6.29 Å². The standard InChI is InChI=1S/C33H38FN3O9/c1-19-24(25-6-4-5-7-27(25)36-19)14-15-35-18-23-10-8-22(9-11-23)12-13-29(40)37-46-33-32(44-21(3)39)31(43-20(2)38)26(16-30(41)42)28(17-34)45-33/h4-13,26,28,31-33,35-36H,14-18H2,1-3H3,(H,37,40)(H,41,42)/b13-12+/t26-,28+,31-,32+,33-/m0/s1. The Bertz CT molecular complexity index is 1560. The normalized spacial score (nSPS) is 21.3. The number of aryl methyl sites for hydroxylation is 1. The third-order valence-electron chi connectivity index (χ3n) is 7.56. The van der Waals surface area contributed by atoms with Crippen LogP contribution in [-0.4, -0.2) is 71.7 Å². The van der Waals surface area contributed by atoms with Crippen LogP contribution >= 0.6 is 0 Å². The predicted octanol–water partition coefficient (Wildman–Crippen LogP) is 3.52. The van der Waals surface area contributed by atoms with E-state index in [1.165, 1.54) is 22.7 Å². The van der Waals surface area contributed by atoms with Gasteiger partial charge >= 0.3 is 17.9 Å². The van der Waals surface area contributed by atoms with E-state index in [0.717, 1.165) is 43.5 Å². The SMILES string of the molecule is CC(=O)O[C@H]1[C@H](ONC(=O)/C=C/c2ccc(CNCCc3c(C)[nH]c4ccccc34)cc2)O[C@H](CF)[C@H](CC(=O)O)[C@@H]1OC(C)=O. The van der Waals surface area contributed by atoms with Gasteiger partial charge in [0.1, 0.15) is 12.8 Å². The van der Waals surface area contributed by atoms with Crippen LogP contribution in [0, 0.1) is 12.8 Å². The summed E-state index contributed by atoms with van der Waals surface area (Å²) in [6, 6.07) is 15.8. The number of ether oxygens (including phenoxy) is 3. The maximum absolute atomic E-state index is 13.9. The fraction of sp³-hybridized carbons (Fsp3) is 0.394. The molecule has 1 saturated heterocycles. The maximum Gasteiger partial charge on any atom is 0.303 e. The van der Waals surface area contributed by atoms with Gasteiger partial charge in [0, 0.05) is 49.0 Å². The van der Waals surface area contributed by atoms with E-state index in [9.17, 15) is 28.7 Å². The zero-order valence-corrected chi connectivity index (χ0v) is 25.8. The van der Waals surface area contributed by atoms with E-state index in [1.807, 2.05) is 36.4 Å². The molecule has 1 amide bonds. The number of esters is 2. The molecule has 3 aromatic rings. The number of aliphatic carboxylic acids is 1. The van der Waals surface area contributed by atoms with Gasteiger partial charge in [-0.15, -0.1) is 0 Å².